The van der Waals surface area contributed by atoms with E-state index in [1.54, 1.807) is 24.3 Å². The van der Waals surface area contributed by atoms with Gasteiger partial charge in [0.05, 0.1) is 10.6 Å². The summed E-state index contributed by atoms with van der Waals surface area (Å²) < 4.78 is 22.9. The van der Waals surface area contributed by atoms with Crippen LogP contribution in [0.5, 0.6) is 0 Å². The highest BCUT2D eigenvalue weighted by Crippen LogP contribution is 2.36. The highest BCUT2D eigenvalue weighted by Gasteiger charge is 2.17. The Hall–Kier alpha value is -3.02. The fourth-order valence-corrected chi connectivity index (χ4v) is 5.03. The first-order valence-corrected chi connectivity index (χ1v) is 13.2. The summed E-state index contributed by atoms with van der Waals surface area (Å²) in [6, 6.07) is 24.4. The number of rotatable bonds is 4. The summed E-state index contributed by atoms with van der Waals surface area (Å²) in [5.41, 5.74) is 5.42. The summed E-state index contributed by atoms with van der Waals surface area (Å²) in [6.45, 7) is 0. The highest BCUT2D eigenvalue weighted by molar-refractivity contribution is 7.60. The van der Waals surface area contributed by atoms with Crippen molar-refractivity contribution in [3.63, 3.8) is 0 Å². The Morgan fingerprint density at radius 3 is 1.15 bits per heavy atom. The lowest BCUT2D eigenvalue weighted by Crippen LogP contribution is -2.02. The van der Waals surface area contributed by atoms with Crippen molar-refractivity contribution in [3.05, 3.63) is 84.9 Å². The molecule has 5 rings (SSSR count). The van der Waals surface area contributed by atoms with Crippen molar-refractivity contribution in [1.29, 1.82) is 0 Å². The summed E-state index contributed by atoms with van der Waals surface area (Å²) in [7, 11) is -8.57. The van der Waals surface area contributed by atoms with Crippen LogP contribution in [0.1, 0.15) is 0 Å². The number of hydrogen-bond donors (Lipinski definition) is 5. The summed E-state index contributed by atoms with van der Waals surface area (Å²) in [5.74, 6) is 0. The largest absolute Gasteiger partial charge is 0.356 e. The van der Waals surface area contributed by atoms with Gasteiger partial charge >= 0.3 is 15.2 Å². The fraction of sp³-hybridized carbons (Fsp3) is 0. The van der Waals surface area contributed by atoms with Gasteiger partial charge in [-0.05, 0) is 70.8 Å². The van der Waals surface area contributed by atoms with Crippen molar-refractivity contribution >= 4 is 47.6 Å². The molecular weight excluding hydrogens is 460 g/mol. The Kier molecular flexibility index (Phi) is 5.15. The molecule has 4 aromatic carbocycles. The Morgan fingerprint density at radius 2 is 0.818 bits per heavy atom. The number of hydrogen-bond acceptors (Lipinski definition) is 2. The van der Waals surface area contributed by atoms with E-state index in [2.05, 4.69) is 4.98 Å². The first-order chi connectivity index (χ1) is 15.6. The maximum atomic E-state index is 11.4. The standard InChI is InChI=1S/C24H19NO6P2/c26-32(27,28)19-7-1-15(2-8-19)17-5-11-23-21(13-17)22-14-18(6-12-24(22)25-23)16-3-9-20(10-4-16)33(29,30)31/h1-14,25H,(H2,26,27,28)(H2,29,30,31). The van der Waals surface area contributed by atoms with Crippen LogP contribution in [0.15, 0.2) is 84.9 Å². The molecule has 5 N–H and O–H groups in total. The van der Waals surface area contributed by atoms with Crippen molar-refractivity contribution in [2.75, 3.05) is 0 Å². The van der Waals surface area contributed by atoms with Gasteiger partial charge in [-0.15, -0.1) is 0 Å². The molecule has 0 fully saturated rings. The van der Waals surface area contributed by atoms with Crippen molar-refractivity contribution in [2.24, 2.45) is 0 Å². The van der Waals surface area contributed by atoms with Gasteiger partial charge < -0.3 is 24.6 Å². The third-order valence-electron chi connectivity index (χ3n) is 5.67. The molecule has 0 atom stereocenters. The molecule has 0 spiro atoms. The maximum Gasteiger partial charge on any atom is 0.356 e. The zero-order valence-electron chi connectivity index (χ0n) is 17.1. The quantitative estimate of drug-likeness (QED) is 0.245. The van der Waals surface area contributed by atoms with Crippen LogP contribution in [-0.4, -0.2) is 24.6 Å². The molecule has 7 nitrogen and oxygen atoms in total. The van der Waals surface area contributed by atoms with E-state index < -0.39 is 15.2 Å². The van der Waals surface area contributed by atoms with Gasteiger partial charge in [0, 0.05) is 21.8 Å². The second-order valence-corrected chi connectivity index (χ2v) is 11.0. The van der Waals surface area contributed by atoms with Gasteiger partial charge in [0.2, 0.25) is 0 Å². The van der Waals surface area contributed by atoms with Crippen molar-refractivity contribution < 1.29 is 28.7 Å². The van der Waals surface area contributed by atoms with Crippen LogP contribution >= 0.6 is 15.2 Å². The minimum Gasteiger partial charge on any atom is -0.355 e. The number of nitrogens with one attached hydrogen (secondary N) is 1. The fourth-order valence-electron chi connectivity index (χ4n) is 3.95. The zero-order chi connectivity index (χ0) is 23.4. The molecule has 166 valence electrons. The van der Waals surface area contributed by atoms with Gasteiger partial charge in [0.15, 0.2) is 0 Å². The number of aromatic nitrogens is 1. The predicted octanol–water partition coefficient (Wildman–Crippen LogP) is 4.26. The lowest BCUT2D eigenvalue weighted by Gasteiger charge is -2.07. The molecule has 1 aromatic heterocycles. The molecule has 5 aromatic rings. The lowest BCUT2D eigenvalue weighted by molar-refractivity contribution is 0.385. The van der Waals surface area contributed by atoms with Crippen molar-refractivity contribution in [2.45, 2.75) is 0 Å². The first kappa shape index (κ1) is 21.8. The molecule has 0 aliphatic rings. The molecule has 0 aliphatic heterocycles. The van der Waals surface area contributed by atoms with Gasteiger partial charge in [-0.25, -0.2) is 0 Å². The van der Waals surface area contributed by atoms with Crippen LogP contribution in [-0.2, 0) is 9.13 Å². The van der Waals surface area contributed by atoms with E-state index in [1.165, 1.54) is 24.3 Å². The van der Waals surface area contributed by atoms with Crippen LogP contribution in [0.2, 0.25) is 0 Å². The van der Waals surface area contributed by atoms with Gasteiger partial charge in [-0.2, -0.15) is 0 Å². The molecule has 0 aliphatic carbocycles. The molecule has 0 bridgehead atoms. The normalized spacial score (nSPS) is 12.5. The topological polar surface area (TPSA) is 131 Å². The molecule has 0 unspecified atom stereocenters. The van der Waals surface area contributed by atoms with E-state index in [0.29, 0.717) is 0 Å². The predicted molar refractivity (Wildman–Crippen MR) is 130 cm³/mol. The monoisotopic (exact) mass is 479 g/mol. The molecule has 0 saturated heterocycles. The summed E-state index contributed by atoms with van der Waals surface area (Å²) >= 11 is 0. The SMILES string of the molecule is O=P(O)(O)c1ccc(-c2ccc3[nH]c4ccc(-c5ccc(P(=O)(O)O)cc5)cc4c3c2)cc1. The van der Waals surface area contributed by atoms with Crippen LogP contribution in [0.25, 0.3) is 44.1 Å². The molecule has 33 heavy (non-hydrogen) atoms. The van der Waals surface area contributed by atoms with E-state index in [0.717, 1.165) is 44.1 Å². The van der Waals surface area contributed by atoms with E-state index >= 15 is 0 Å². The second-order valence-electron chi connectivity index (χ2n) is 7.83. The zero-order valence-corrected chi connectivity index (χ0v) is 18.9. The van der Waals surface area contributed by atoms with Gasteiger partial charge in [0.25, 0.3) is 0 Å². The number of fused-ring (bicyclic) bond motifs is 3. The van der Waals surface area contributed by atoms with Gasteiger partial charge in [-0.3, -0.25) is 9.13 Å². The Bertz CT molecular complexity index is 1470. The minimum absolute atomic E-state index is 0.0196. The molecule has 0 amide bonds. The summed E-state index contributed by atoms with van der Waals surface area (Å²) in [5, 5.41) is 1.95. The number of benzene rings is 4. The summed E-state index contributed by atoms with van der Waals surface area (Å²) in [6.07, 6.45) is 0. The van der Waals surface area contributed by atoms with E-state index in [-0.39, 0.29) is 10.6 Å². The van der Waals surface area contributed by atoms with Crippen LogP contribution in [0.3, 0.4) is 0 Å². The molecule has 0 saturated carbocycles. The highest BCUT2D eigenvalue weighted by atomic mass is 31.2. The minimum atomic E-state index is -4.29. The second kappa shape index (κ2) is 7.79. The average Bonchev–Trinajstić information content (AvgIpc) is 3.15. The van der Waals surface area contributed by atoms with Crippen molar-refractivity contribution in [3.8, 4) is 22.3 Å². The smallest absolute Gasteiger partial charge is 0.355 e. The number of H-pyrrole nitrogens is 1. The van der Waals surface area contributed by atoms with Crippen LogP contribution in [0.4, 0.5) is 0 Å². The van der Waals surface area contributed by atoms with Crippen LogP contribution in [0, 0.1) is 0 Å². The van der Waals surface area contributed by atoms with Crippen LogP contribution < -0.4 is 10.6 Å². The molecular formula is C24H19NO6P2. The molecule has 1 heterocycles. The van der Waals surface area contributed by atoms with Gasteiger partial charge in [0.1, 0.15) is 0 Å². The summed E-state index contributed by atoms with van der Waals surface area (Å²) in [4.78, 5) is 40.7. The Balaban J connectivity index is 1.58. The average molecular weight is 479 g/mol. The third kappa shape index (κ3) is 4.19. The van der Waals surface area contributed by atoms with Gasteiger partial charge in [-0.1, -0.05) is 36.4 Å². The molecule has 9 heteroatoms. The number of aromatic amines is 1. The third-order valence-corrected chi connectivity index (χ3v) is 7.61. The Morgan fingerprint density at radius 1 is 0.485 bits per heavy atom. The Labute approximate surface area is 188 Å². The molecule has 0 radical (unpaired) electrons. The van der Waals surface area contributed by atoms with E-state index in [4.69, 9.17) is 0 Å². The lowest BCUT2D eigenvalue weighted by atomic mass is 10.0. The van der Waals surface area contributed by atoms with E-state index in [9.17, 15) is 28.7 Å². The first-order valence-electron chi connectivity index (χ1n) is 9.98. The maximum absolute atomic E-state index is 11.4. The van der Waals surface area contributed by atoms with Crippen molar-refractivity contribution in [1.82, 2.24) is 4.98 Å². The van der Waals surface area contributed by atoms with E-state index in [1.807, 2.05) is 36.4 Å².